The highest BCUT2D eigenvalue weighted by atomic mass is 16.2. The lowest BCUT2D eigenvalue weighted by Gasteiger charge is -2.18. The Bertz CT molecular complexity index is 238. The van der Waals surface area contributed by atoms with Crippen molar-refractivity contribution in [3.8, 4) is 0 Å². The van der Waals surface area contributed by atoms with E-state index in [2.05, 4.69) is 10.6 Å². The average molecular weight is 243 g/mol. The topological polar surface area (TPSA) is 61.4 Å². The molecule has 0 bridgehead atoms. The molecular formula is C12H25N3O2. The molecule has 0 aliphatic heterocycles. The van der Waals surface area contributed by atoms with Crippen molar-refractivity contribution < 1.29 is 9.59 Å². The minimum atomic E-state index is 0.0165. The van der Waals surface area contributed by atoms with Crippen molar-refractivity contribution in [3.63, 3.8) is 0 Å². The van der Waals surface area contributed by atoms with Crippen molar-refractivity contribution in [2.24, 2.45) is 0 Å². The Balaban J connectivity index is 3.64. The van der Waals surface area contributed by atoms with E-state index in [0.717, 1.165) is 13.1 Å². The van der Waals surface area contributed by atoms with E-state index < -0.39 is 0 Å². The molecule has 0 aromatic carbocycles. The molecule has 100 valence electrons. The van der Waals surface area contributed by atoms with Gasteiger partial charge in [0.15, 0.2) is 0 Å². The Labute approximate surface area is 104 Å². The third kappa shape index (κ3) is 7.74. The summed E-state index contributed by atoms with van der Waals surface area (Å²) in [5.74, 6) is 0.0991. The lowest BCUT2D eigenvalue weighted by molar-refractivity contribution is -0.130. The maximum Gasteiger partial charge on any atom is 0.236 e. The number of carbonyl (C=O) groups excluding carboxylic acids is 2. The van der Waals surface area contributed by atoms with Gasteiger partial charge in [0.2, 0.25) is 11.8 Å². The van der Waals surface area contributed by atoms with Gasteiger partial charge in [-0.25, -0.2) is 0 Å². The molecule has 5 nitrogen and oxygen atoms in total. The molecule has 0 saturated heterocycles. The number of hydrogen-bond acceptors (Lipinski definition) is 3. The quantitative estimate of drug-likeness (QED) is 0.605. The van der Waals surface area contributed by atoms with E-state index >= 15 is 0 Å². The SMILES string of the molecule is CCN(CC)C(=O)CNCCC(=O)NC(C)C. The molecule has 2 N–H and O–H groups in total. The van der Waals surface area contributed by atoms with Crippen LogP contribution in [0.25, 0.3) is 0 Å². The van der Waals surface area contributed by atoms with Gasteiger partial charge in [0, 0.05) is 32.1 Å². The molecule has 0 rings (SSSR count). The zero-order chi connectivity index (χ0) is 13.3. The molecule has 0 aliphatic rings. The fraction of sp³-hybridized carbons (Fsp3) is 0.833. The van der Waals surface area contributed by atoms with Crippen LogP contribution in [0.3, 0.4) is 0 Å². The Morgan fingerprint density at radius 2 is 1.76 bits per heavy atom. The smallest absolute Gasteiger partial charge is 0.236 e. The van der Waals surface area contributed by atoms with Gasteiger partial charge < -0.3 is 15.5 Å². The number of nitrogens with one attached hydrogen (secondary N) is 2. The summed E-state index contributed by atoms with van der Waals surface area (Å²) in [4.78, 5) is 24.7. The zero-order valence-corrected chi connectivity index (χ0v) is 11.4. The minimum absolute atomic E-state index is 0.0165. The molecule has 0 unspecified atom stereocenters. The largest absolute Gasteiger partial charge is 0.354 e. The molecule has 0 aliphatic carbocycles. The van der Waals surface area contributed by atoms with Crippen LogP contribution in [0.4, 0.5) is 0 Å². The first-order valence-corrected chi connectivity index (χ1v) is 6.29. The lowest BCUT2D eigenvalue weighted by atomic mass is 10.3. The second kappa shape index (κ2) is 8.98. The zero-order valence-electron chi connectivity index (χ0n) is 11.4. The summed E-state index contributed by atoms with van der Waals surface area (Å²) in [7, 11) is 0. The third-order valence-electron chi connectivity index (χ3n) is 2.37. The normalized spacial score (nSPS) is 10.4. The highest BCUT2D eigenvalue weighted by Crippen LogP contribution is 1.88. The molecule has 0 aromatic rings. The third-order valence-corrected chi connectivity index (χ3v) is 2.37. The molecule has 0 radical (unpaired) electrons. The molecule has 0 aromatic heterocycles. The number of amides is 2. The molecule has 5 heteroatoms. The molecule has 0 spiro atoms. The first-order valence-electron chi connectivity index (χ1n) is 6.29. The summed E-state index contributed by atoms with van der Waals surface area (Å²) in [5.41, 5.74) is 0. The number of hydrogen-bond donors (Lipinski definition) is 2. The Morgan fingerprint density at radius 3 is 2.24 bits per heavy atom. The summed E-state index contributed by atoms with van der Waals surface area (Å²) in [6.07, 6.45) is 0.406. The van der Waals surface area contributed by atoms with Crippen LogP contribution >= 0.6 is 0 Å². The van der Waals surface area contributed by atoms with Gasteiger partial charge in [0.1, 0.15) is 0 Å². The van der Waals surface area contributed by atoms with E-state index in [4.69, 9.17) is 0 Å². The summed E-state index contributed by atoms with van der Waals surface area (Å²) >= 11 is 0. The van der Waals surface area contributed by atoms with Crippen molar-refractivity contribution in [2.45, 2.75) is 40.2 Å². The molecule has 0 saturated carbocycles. The van der Waals surface area contributed by atoms with Crippen molar-refractivity contribution >= 4 is 11.8 Å². The van der Waals surface area contributed by atoms with E-state index in [0.29, 0.717) is 19.5 Å². The van der Waals surface area contributed by atoms with Gasteiger partial charge in [-0.3, -0.25) is 9.59 Å². The Kier molecular flexibility index (Phi) is 8.40. The molecule has 17 heavy (non-hydrogen) atoms. The lowest BCUT2D eigenvalue weighted by Crippen LogP contribution is -2.39. The molecule has 0 fully saturated rings. The molecule has 2 amide bonds. The van der Waals surface area contributed by atoms with Gasteiger partial charge in [-0.15, -0.1) is 0 Å². The Morgan fingerprint density at radius 1 is 1.18 bits per heavy atom. The van der Waals surface area contributed by atoms with Crippen molar-refractivity contribution in [1.82, 2.24) is 15.5 Å². The summed E-state index contributed by atoms with van der Waals surface area (Å²) in [5, 5.41) is 5.79. The predicted octanol–water partition coefficient (Wildman–Crippen LogP) is 0.359. The van der Waals surface area contributed by atoms with E-state index in [1.54, 1.807) is 4.90 Å². The van der Waals surface area contributed by atoms with Gasteiger partial charge in [0.25, 0.3) is 0 Å². The fourth-order valence-electron chi connectivity index (χ4n) is 1.48. The van der Waals surface area contributed by atoms with Gasteiger partial charge >= 0.3 is 0 Å². The van der Waals surface area contributed by atoms with Gasteiger partial charge in [-0.05, 0) is 27.7 Å². The van der Waals surface area contributed by atoms with Crippen LogP contribution in [0, 0.1) is 0 Å². The first-order chi connectivity index (χ1) is 8.01. The maximum absolute atomic E-state index is 11.6. The summed E-state index contributed by atoms with van der Waals surface area (Å²) < 4.78 is 0. The van der Waals surface area contributed by atoms with Crippen LogP contribution < -0.4 is 10.6 Å². The molecule has 0 heterocycles. The molecular weight excluding hydrogens is 218 g/mol. The van der Waals surface area contributed by atoms with Crippen LogP contribution in [0.5, 0.6) is 0 Å². The maximum atomic E-state index is 11.6. The van der Waals surface area contributed by atoms with Crippen LogP contribution in [0.15, 0.2) is 0 Å². The van der Waals surface area contributed by atoms with Crippen LogP contribution in [0.1, 0.15) is 34.1 Å². The van der Waals surface area contributed by atoms with Crippen molar-refractivity contribution in [2.75, 3.05) is 26.2 Å². The average Bonchev–Trinajstić information content (AvgIpc) is 2.25. The van der Waals surface area contributed by atoms with Crippen molar-refractivity contribution in [1.29, 1.82) is 0 Å². The summed E-state index contributed by atoms with van der Waals surface area (Å²) in [6.45, 7) is 10.1. The first kappa shape index (κ1) is 15.9. The van der Waals surface area contributed by atoms with Crippen LogP contribution in [-0.2, 0) is 9.59 Å². The number of rotatable bonds is 8. The van der Waals surface area contributed by atoms with Crippen LogP contribution in [-0.4, -0.2) is 48.9 Å². The fourth-order valence-corrected chi connectivity index (χ4v) is 1.48. The number of carbonyl (C=O) groups is 2. The monoisotopic (exact) mass is 243 g/mol. The van der Waals surface area contributed by atoms with Crippen LogP contribution in [0.2, 0.25) is 0 Å². The number of likely N-dealkylation sites (N-methyl/N-ethyl adjacent to an activating group) is 1. The Hall–Kier alpha value is -1.10. The van der Waals surface area contributed by atoms with Crippen molar-refractivity contribution in [3.05, 3.63) is 0 Å². The number of nitrogens with zero attached hydrogens (tertiary/aromatic N) is 1. The van der Waals surface area contributed by atoms with Gasteiger partial charge in [-0.2, -0.15) is 0 Å². The second-order valence-electron chi connectivity index (χ2n) is 4.22. The minimum Gasteiger partial charge on any atom is -0.354 e. The second-order valence-corrected chi connectivity index (χ2v) is 4.22. The van der Waals surface area contributed by atoms with E-state index in [1.165, 1.54) is 0 Å². The van der Waals surface area contributed by atoms with Gasteiger partial charge in [0.05, 0.1) is 6.54 Å². The van der Waals surface area contributed by atoms with Gasteiger partial charge in [-0.1, -0.05) is 0 Å². The highest BCUT2D eigenvalue weighted by Gasteiger charge is 2.08. The van der Waals surface area contributed by atoms with E-state index in [-0.39, 0.29) is 17.9 Å². The summed E-state index contributed by atoms with van der Waals surface area (Å²) in [6, 6.07) is 0.166. The van der Waals surface area contributed by atoms with E-state index in [1.807, 2.05) is 27.7 Å². The standard InChI is InChI=1S/C12H25N3O2/c1-5-15(6-2)12(17)9-13-8-7-11(16)14-10(3)4/h10,13H,5-9H2,1-4H3,(H,14,16). The molecule has 0 atom stereocenters. The predicted molar refractivity (Wildman–Crippen MR) is 68.7 cm³/mol. The highest BCUT2D eigenvalue weighted by molar-refractivity contribution is 5.78. The van der Waals surface area contributed by atoms with E-state index in [9.17, 15) is 9.59 Å².